The van der Waals surface area contributed by atoms with Gasteiger partial charge in [0.2, 0.25) is 5.91 Å². The summed E-state index contributed by atoms with van der Waals surface area (Å²) in [6.07, 6.45) is 3.38. The number of likely N-dealkylation sites (tertiary alicyclic amines) is 1. The lowest BCUT2D eigenvalue weighted by atomic mass is 9.92. The molecule has 2 N–H and O–H groups in total. The third kappa shape index (κ3) is 6.74. The average Bonchev–Trinajstić information content (AvgIpc) is 2.89. The van der Waals surface area contributed by atoms with E-state index in [1.54, 1.807) is 7.11 Å². The van der Waals surface area contributed by atoms with Crippen LogP contribution in [-0.2, 0) is 9.53 Å². The van der Waals surface area contributed by atoms with Crippen molar-refractivity contribution in [2.24, 2.45) is 0 Å². The SMILES string of the molecule is COCCNC(=O)CCNC(=O)N1CCC[C@@H](c2ccccc2)CC1. The topological polar surface area (TPSA) is 70.7 Å². The molecule has 2 rings (SSSR count). The summed E-state index contributed by atoms with van der Waals surface area (Å²) in [7, 11) is 1.59. The maximum Gasteiger partial charge on any atom is 0.317 e. The zero-order chi connectivity index (χ0) is 17.9. The van der Waals surface area contributed by atoms with E-state index in [0.29, 0.717) is 25.6 Å². The lowest BCUT2D eigenvalue weighted by Crippen LogP contribution is -2.42. The Balaban J connectivity index is 1.69. The fourth-order valence-electron chi connectivity index (χ4n) is 3.13. The summed E-state index contributed by atoms with van der Waals surface area (Å²) in [5.74, 6) is 0.447. The van der Waals surface area contributed by atoms with E-state index in [1.165, 1.54) is 5.56 Å². The Bertz CT molecular complexity index is 536. The summed E-state index contributed by atoms with van der Waals surface area (Å²) >= 11 is 0. The molecule has 0 aliphatic carbocycles. The molecule has 1 aliphatic rings. The quantitative estimate of drug-likeness (QED) is 0.742. The van der Waals surface area contributed by atoms with Gasteiger partial charge in [0.1, 0.15) is 0 Å². The standard InChI is InChI=1S/C19H29N3O3/c1-25-15-12-20-18(23)9-11-21-19(24)22-13-5-8-17(10-14-22)16-6-3-2-4-7-16/h2-4,6-7,17H,5,8-15H2,1H3,(H,20,23)(H,21,24)/t17-/m1/s1. The van der Waals surface area contributed by atoms with Crippen molar-refractivity contribution in [3.05, 3.63) is 35.9 Å². The number of methoxy groups -OCH3 is 1. The zero-order valence-corrected chi connectivity index (χ0v) is 15.0. The summed E-state index contributed by atoms with van der Waals surface area (Å²) in [4.78, 5) is 25.8. The molecule has 6 nitrogen and oxygen atoms in total. The first kappa shape index (κ1) is 19.2. The van der Waals surface area contributed by atoms with Crippen molar-refractivity contribution >= 4 is 11.9 Å². The highest BCUT2D eigenvalue weighted by atomic mass is 16.5. The third-order valence-corrected chi connectivity index (χ3v) is 4.54. The fourth-order valence-corrected chi connectivity index (χ4v) is 3.13. The predicted octanol–water partition coefficient (Wildman–Crippen LogP) is 2.12. The van der Waals surface area contributed by atoms with Gasteiger partial charge in [0.05, 0.1) is 6.61 Å². The lowest BCUT2D eigenvalue weighted by molar-refractivity contribution is -0.121. The molecule has 1 saturated heterocycles. The van der Waals surface area contributed by atoms with Gasteiger partial charge in [-0.3, -0.25) is 4.79 Å². The van der Waals surface area contributed by atoms with Gasteiger partial charge in [-0.05, 0) is 30.7 Å². The molecule has 25 heavy (non-hydrogen) atoms. The van der Waals surface area contributed by atoms with Crippen LogP contribution < -0.4 is 10.6 Å². The van der Waals surface area contributed by atoms with Crippen LogP contribution in [0.4, 0.5) is 4.79 Å². The molecule has 0 unspecified atom stereocenters. The van der Waals surface area contributed by atoms with Crippen LogP contribution >= 0.6 is 0 Å². The summed E-state index contributed by atoms with van der Waals surface area (Å²) in [5, 5.41) is 5.59. The summed E-state index contributed by atoms with van der Waals surface area (Å²) in [6, 6.07) is 10.4. The molecular formula is C19H29N3O3. The molecule has 1 atom stereocenters. The Kier molecular flexibility index (Phi) is 8.25. The molecule has 6 heteroatoms. The van der Waals surface area contributed by atoms with E-state index in [9.17, 15) is 9.59 Å². The van der Waals surface area contributed by atoms with Crippen LogP contribution in [0.5, 0.6) is 0 Å². The van der Waals surface area contributed by atoms with Gasteiger partial charge in [-0.1, -0.05) is 30.3 Å². The number of carbonyl (C=O) groups is 2. The first-order chi connectivity index (χ1) is 12.2. The first-order valence-corrected chi connectivity index (χ1v) is 9.04. The third-order valence-electron chi connectivity index (χ3n) is 4.54. The highest BCUT2D eigenvalue weighted by molar-refractivity contribution is 5.78. The van der Waals surface area contributed by atoms with E-state index in [1.807, 2.05) is 11.0 Å². The Morgan fingerprint density at radius 3 is 2.68 bits per heavy atom. The Morgan fingerprint density at radius 2 is 1.92 bits per heavy atom. The van der Waals surface area contributed by atoms with Gasteiger partial charge in [0.15, 0.2) is 0 Å². The molecule has 3 amide bonds. The number of nitrogens with zero attached hydrogens (tertiary/aromatic N) is 1. The smallest absolute Gasteiger partial charge is 0.317 e. The van der Waals surface area contributed by atoms with Crippen LogP contribution in [0.2, 0.25) is 0 Å². The van der Waals surface area contributed by atoms with Crippen molar-refractivity contribution in [2.75, 3.05) is 39.9 Å². The molecular weight excluding hydrogens is 318 g/mol. The fraction of sp³-hybridized carbons (Fsp3) is 0.579. The van der Waals surface area contributed by atoms with Crippen LogP contribution in [0.3, 0.4) is 0 Å². The molecule has 0 saturated carbocycles. The first-order valence-electron chi connectivity index (χ1n) is 9.04. The average molecular weight is 347 g/mol. The second kappa shape index (κ2) is 10.7. The van der Waals surface area contributed by atoms with Gasteiger partial charge in [-0.2, -0.15) is 0 Å². The number of carbonyl (C=O) groups excluding carboxylic acids is 2. The predicted molar refractivity (Wildman–Crippen MR) is 97.5 cm³/mol. The number of nitrogens with one attached hydrogen (secondary N) is 2. The molecule has 0 aromatic heterocycles. The van der Waals surface area contributed by atoms with Crippen molar-refractivity contribution in [3.8, 4) is 0 Å². The highest BCUT2D eigenvalue weighted by Crippen LogP contribution is 2.27. The van der Waals surface area contributed by atoms with Crippen LogP contribution in [0.15, 0.2) is 30.3 Å². The Labute approximate surface area is 149 Å². The van der Waals surface area contributed by atoms with Gasteiger partial charge in [-0.25, -0.2) is 4.79 Å². The van der Waals surface area contributed by atoms with Crippen molar-refractivity contribution in [1.82, 2.24) is 15.5 Å². The van der Waals surface area contributed by atoms with Crippen LogP contribution in [0.25, 0.3) is 0 Å². The van der Waals surface area contributed by atoms with Gasteiger partial charge in [0, 0.05) is 39.7 Å². The number of rotatable bonds is 7. The molecule has 0 spiro atoms. The van der Waals surface area contributed by atoms with E-state index in [4.69, 9.17) is 4.74 Å². The number of ether oxygens (including phenoxy) is 1. The molecule has 1 fully saturated rings. The number of urea groups is 1. The largest absolute Gasteiger partial charge is 0.383 e. The maximum atomic E-state index is 12.3. The lowest BCUT2D eigenvalue weighted by Gasteiger charge is -2.21. The van der Waals surface area contributed by atoms with E-state index in [-0.39, 0.29) is 18.4 Å². The highest BCUT2D eigenvalue weighted by Gasteiger charge is 2.21. The number of amides is 3. The van der Waals surface area contributed by atoms with Gasteiger partial charge in [0.25, 0.3) is 0 Å². The van der Waals surface area contributed by atoms with Crippen LogP contribution in [0.1, 0.15) is 37.2 Å². The number of benzene rings is 1. The van der Waals surface area contributed by atoms with Crippen LogP contribution in [-0.4, -0.2) is 56.7 Å². The summed E-state index contributed by atoms with van der Waals surface area (Å²) < 4.78 is 4.88. The summed E-state index contributed by atoms with van der Waals surface area (Å²) in [5.41, 5.74) is 1.36. The molecule has 1 heterocycles. The van der Waals surface area contributed by atoms with Crippen molar-refractivity contribution in [2.45, 2.75) is 31.6 Å². The normalized spacial score (nSPS) is 17.6. The van der Waals surface area contributed by atoms with E-state index in [0.717, 1.165) is 32.4 Å². The van der Waals surface area contributed by atoms with E-state index >= 15 is 0 Å². The van der Waals surface area contributed by atoms with E-state index in [2.05, 4.69) is 34.9 Å². The van der Waals surface area contributed by atoms with Crippen molar-refractivity contribution < 1.29 is 14.3 Å². The second-order valence-electron chi connectivity index (χ2n) is 6.35. The number of hydrogen-bond donors (Lipinski definition) is 2. The minimum Gasteiger partial charge on any atom is -0.383 e. The number of hydrogen-bond acceptors (Lipinski definition) is 3. The molecule has 1 aromatic carbocycles. The van der Waals surface area contributed by atoms with Crippen molar-refractivity contribution in [1.29, 1.82) is 0 Å². The minimum absolute atomic E-state index is 0.0709. The Hall–Kier alpha value is -2.08. The monoisotopic (exact) mass is 347 g/mol. The molecule has 1 aromatic rings. The Morgan fingerprint density at radius 1 is 1.12 bits per heavy atom. The molecule has 138 valence electrons. The second-order valence-corrected chi connectivity index (χ2v) is 6.35. The molecule has 0 bridgehead atoms. The van der Waals surface area contributed by atoms with Gasteiger partial charge in [-0.15, -0.1) is 0 Å². The van der Waals surface area contributed by atoms with Crippen molar-refractivity contribution in [3.63, 3.8) is 0 Å². The van der Waals surface area contributed by atoms with Crippen LogP contribution in [0, 0.1) is 0 Å². The summed E-state index contributed by atoms with van der Waals surface area (Å²) in [6.45, 7) is 2.88. The molecule has 1 aliphatic heterocycles. The maximum absolute atomic E-state index is 12.3. The molecule has 0 radical (unpaired) electrons. The zero-order valence-electron chi connectivity index (χ0n) is 15.0. The van der Waals surface area contributed by atoms with Gasteiger partial charge < -0.3 is 20.3 Å². The van der Waals surface area contributed by atoms with E-state index < -0.39 is 0 Å². The minimum atomic E-state index is -0.0719. The van der Waals surface area contributed by atoms with Gasteiger partial charge >= 0.3 is 6.03 Å².